The van der Waals surface area contributed by atoms with Crippen LogP contribution in [0.25, 0.3) is 16.8 Å². The van der Waals surface area contributed by atoms with Crippen LogP contribution in [0.4, 0.5) is 0 Å². The molecule has 2 rings (SSSR count). The van der Waals surface area contributed by atoms with Crippen LogP contribution in [0.2, 0.25) is 0 Å². The van der Waals surface area contributed by atoms with Gasteiger partial charge in [0.25, 0.3) is 0 Å². The molecule has 0 fully saturated rings. The topological polar surface area (TPSA) is 93.0 Å². The number of ketones is 1. The summed E-state index contributed by atoms with van der Waals surface area (Å²) in [5.41, 5.74) is 9.35. The number of allylic oxidation sites excluding steroid dienone is 2. The third-order valence-corrected chi connectivity index (χ3v) is 5.40. The summed E-state index contributed by atoms with van der Waals surface area (Å²) < 4.78 is 5.47. The number of rotatable bonds is 14. The van der Waals surface area contributed by atoms with Crippen molar-refractivity contribution in [2.45, 2.75) is 65.2 Å². The SMILES string of the molecule is CCCCC/C=C(\C=N)c1ccc(-c2cc(CCCCC(=O)[C@H](C)CN)on2)cc1. The van der Waals surface area contributed by atoms with Gasteiger partial charge < -0.3 is 15.7 Å². The summed E-state index contributed by atoms with van der Waals surface area (Å²) in [5, 5.41) is 11.9. The molecule has 0 aliphatic rings. The van der Waals surface area contributed by atoms with E-state index in [4.69, 9.17) is 15.7 Å². The van der Waals surface area contributed by atoms with Gasteiger partial charge in [0.05, 0.1) is 0 Å². The van der Waals surface area contributed by atoms with Crippen LogP contribution in [-0.2, 0) is 11.2 Å². The van der Waals surface area contributed by atoms with E-state index in [1.165, 1.54) is 19.1 Å². The normalized spacial score (nSPS) is 12.7. The molecule has 0 saturated carbocycles. The summed E-state index contributed by atoms with van der Waals surface area (Å²) in [6.45, 7) is 4.49. The van der Waals surface area contributed by atoms with Crippen LogP contribution < -0.4 is 5.73 Å². The van der Waals surface area contributed by atoms with Crippen molar-refractivity contribution in [1.82, 2.24) is 5.16 Å². The third-order valence-electron chi connectivity index (χ3n) is 5.40. The molecule has 0 spiro atoms. The molecule has 5 nitrogen and oxygen atoms in total. The number of nitrogens with one attached hydrogen (secondary N) is 1. The van der Waals surface area contributed by atoms with Crippen LogP contribution in [-0.4, -0.2) is 23.7 Å². The molecule has 1 aromatic carbocycles. The minimum absolute atomic E-state index is 0.0517. The van der Waals surface area contributed by atoms with Crippen molar-refractivity contribution >= 4 is 17.6 Å². The Balaban J connectivity index is 1.89. The average molecular weight is 410 g/mol. The van der Waals surface area contributed by atoms with Crippen molar-refractivity contribution in [2.75, 3.05) is 6.54 Å². The molecule has 3 N–H and O–H groups in total. The molecule has 1 aromatic heterocycles. The zero-order chi connectivity index (χ0) is 21.8. The lowest BCUT2D eigenvalue weighted by Gasteiger charge is -2.06. The monoisotopic (exact) mass is 409 g/mol. The molecule has 162 valence electrons. The Morgan fingerprint density at radius 1 is 1.20 bits per heavy atom. The van der Waals surface area contributed by atoms with E-state index in [0.29, 0.717) is 13.0 Å². The maximum absolute atomic E-state index is 11.8. The lowest BCUT2D eigenvalue weighted by Crippen LogP contribution is -2.20. The minimum Gasteiger partial charge on any atom is -0.361 e. The third kappa shape index (κ3) is 7.38. The van der Waals surface area contributed by atoms with Gasteiger partial charge in [-0.05, 0) is 36.8 Å². The zero-order valence-electron chi connectivity index (χ0n) is 18.3. The van der Waals surface area contributed by atoms with Crippen LogP contribution in [0.3, 0.4) is 0 Å². The fraction of sp³-hybridized carbons (Fsp3) is 0.480. The largest absolute Gasteiger partial charge is 0.361 e. The fourth-order valence-corrected chi connectivity index (χ4v) is 3.29. The maximum atomic E-state index is 11.8. The lowest BCUT2D eigenvalue weighted by molar-refractivity contribution is -0.122. The van der Waals surface area contributed by atoms with Crippen molar-refractivity contribution in [3.8, 4) is 11.3 Å². The van der Waals surface area contributed by atoms with Crippen LogP contribution in [0, 0.1) is 11.3 Å². The molecule has 0 aliphatic carbocycles. The molecule has 30 heavy (non-hydrogen) atoms. The average Bonchev–Trinajstić information content (AvgIpc) is 3.25. The molecular weight excluding hydrogens is 374 g/mol. The van der Waals surface area contributed by atoms with E-state index >= 15 is 0 Å². The summed E-state index contributed by atoms with van der Waals surface area (Å²) in [7, 11) is 0. The Labute approximate surface area is 180 Å². The summed E-state index contributed by atoms with van der Waals surface area (Å²) in [4.78, 5) is 11.8. The number of carbonyl (C=O) groups excluding carboxylic acids is 1. The predicted molar refractivity (Wildman–Crippen MR) is 124 cm³/mol. The van der Waals surface area contributed by atoms with Crippen LogP contribution in [0.1, 0.15) is 70.1 Å². The van der Waals surface area contributed by atoms with Gasteiger partial charge in [0.1, 0.15) is 17.2 Å². The van der Waals surface area contributed by atoms with Crippen LogP contribution in [0.15, 0.2) is 40.9 Å². The van der Waals surface area contributed by atoms with Crippen molar-refractivity contribution < 1.29 is 9.32 Å². The van der Waals surface area contributed by atoms with Crippen molar-refractivity contribution in [1.29, 1.82) is 5.41 Å². The Kier molecular flexibility index (Phi) is 10.2. The van der Waals surface area contributed by atoms with E-state index in [1.54, 1.807) is 0 Å². The molecular formula is C25H35N3O2. The van der Waals surface area contributed by atoms with E-state index in [-0.39, 0.29) is 11.7 Å². The summed E-state index contributed by atoms with van der Waals surface area (Å²) in [6.07, 6.45) is 11.2. The molecule has 0 radical (unpaired) electrons. The van der Waals surface area contributed by atoms with Crippen LogP contribution in [0.5, 0.6) is 0 Å². The second-order valence-corrected chi connectivity index (χ2v) is 7.87. The number of Topliss-reactive ketones (excluding diaryl/α,β-unsaturated/α-hetero) is 1. The van der Waals surface area contributed by atoms with Gasteiger partial charge in [-0.3, -0.25) is 4.79 Å². The van der Waals surface area contributed by atoms with Gasteiger partial charge in [-0.25, -0.2) is 0 Å². The van der Waals surface area contributed by atoms with Gasteiger partial charge in [0, 0.05) is 43.1 Å². The number of hydrogen-bond acceptors (Lipinski definition) is 5. The molecule has 2 aromatic rings. The number of hydrogen-bond donors (Lipinski definition) is 2. The molecule has 0 amide bonds. The number of aromatic nitrogens is 1. The Morgan fingerprint density at radius 2 is 1.97 bits per heavy atom. The zero-order valence-corrected chi connectivity index (χ0v) is 18.3. The fourth-order valence-electron chi connectivity index (χ4n) is 3.29. The highest BCUT2D eigenvalue weighted by molar-refractivity contribution is 6.08. The van der Waals surface area contributed by atoms with Crippen molar-refractivity contribution in [3.05, 3.63) is 47.7 Å². The first-order chi connectivity index (χ1) is 14.6. The number of carbonyl (C=O) groups is 1. The Morgan fingerprint density at radius 3 is 2.63 bits per heavy atom. The first kappa shape index (κ1) is 23.7. The van der Waals surface area contributed by atoms with Gasteiger partial charge in [-0.1, -0.05) is 62.2 Å². The van der Waals surface area contributed by atoms with E-state index in [0.717, 1.165) is 60.3 Å². The molecule has 0 bridgehead atoms. The van der Waals surface area contributed by atoms with Gasteiger partial charge in [-0.15, -0.1) is 0 Å². The predicted octanol–water partition coefficient (Wildman–Crippen LogP) is 5.83. The van der Waals surface area contributed by atoms with Gasteiger partial charge in [0.2, 0.25) is 0 Å². The number of aryl methyl sites for hydroxylation is 1. The maximum Gasteiger partial charge on any atom is 0.137 e. The highest BCUT2D eigenvalue weighted by Crippen LogP contribution is 2.23. The quantitative estimate of drug-likeness (QED) is 0.303. The molecule has 0 aliphatic heterocycles. The molecule has 0 saturated heterocycles. The van der Waals surface area contributed by atoms with E-state index in [1.807, 2.05) is 37.3 Å². The van der Waals surface area contributed by atoms with E-state index < -0.39 is 0 Å². The lowest BCUT2D eigenvalue weighted by atomic mass is 10.0. The van der Waals surface area contributed by atoms with Gasteiger partial charge >= 0.3 is 0 Å². The highest BCUT2D eigenvalue weighted by Gasteiger charge is 2.11. The van der Waals surface area contributed by atoms with Gasteiger partial charge in [-0.2, -0.15) is 0 Å². The standard InChI is InChI=1S/C25H35N3O2/c1-3-4-5-6-9-22(18-27)20-12-14-21(15-13-20)24-16-23(30-28-24)10-7-8-11-25(29)19(2)17-26/h9,12-16,18-19,27H,3-8,10-11,17,26H2,1-2H3/b22-9+,27-18?/t19-/m1/s1. The van der Waals surface area contributed by atoms with Crippen molar-refractivity contribution in [2.24, 2.45) is 11.7 Å². The van der Waals surface area contributed by atoms with Crippen molar-refractivity contribution in [3.63, 3.8) is 0 Å². The smallest absolute Gasteiger partial charge is 0.137 e. The first-order valence-electron chi connectivity index (χ1n) is 11.1. The number of benzene rings is 1. The Hall–Kier alpha value is -2.53. The molecule has 1 heterocycles. The summed E-state index contributed by atoms with van der Waals surface area (Å²) in [6, 6.07) is 10.1. The minimum atomic E-state index is -0.0517. The number of nitrogens with two attached hydrogens (primary N) is 1. The number of nitrogens with zero attached hydrogens (tertiary/aromatic N) is 1. The summed E-state index contributed by atoms with van der Waals surface area (Å²) in [5.74, 6) is 1.02. The van der Waals surface area contributed by atoms with Gasteiger partial charge in [0.15, 0.2) is 0 Å². The Bertz CT molecular complexity index is 821. The summed E-state index contributed by atoms with van der Waals surface area (Å²) >= 11 is 0. The molecule has 1 atom stereocenters. The van der Waals surface area contributed by atoms with E-state index in [2.05, 4.69) is 18.2 Å². The van der Waals surface area contributed by atoms with E-state index in [9.17, 15) is 4.79 Å². The second kappa shape index (κ2) is 12.9. The van der Waals surface area contributed by atoms with Crippen LogP contribution >= 0.6 is 0 Å². The number of unbranched alkanes of at least 4 members (excludes halogenated alkanes) is 4. The molecule has 0 unspecified atom stereocenters. The molecule has 5 heteroatoms. The second-order valence-electron chi connectivity index (χ2n) is 7.87. The first-order valence-corrected chi connectivity index (χ1v) is 11.1. The highest BCUT2D eigenvalue weighted by atomic mass is 16.5.